The van der Waals surface area contributed by atoms with Gasteiger partial charge in [0.2, 0.25) is 10.0 Å². The Kier molecular flexibility index (Phi) is 6.10. The van der Waals surface area contributed by atoms with Gasteiger partial charge in [0.05, 0.1) is 11.9 Å². The summed E-state index contributed by atoms with van der Waals surface area (Å²) in [5, 5.41) is 3.30. The minimum atomic E-state index is -3.20. The van der Waals surface area contributed by atoms with Crippen molar-refractivity contribution in [3.63, 3.8) is 0 Å². The van der Waals surface area contributed by atoms with Crippen LogP contribution >= 0.6 is 12.4 Å². The average molecular weight is 305 g/mol. The SMILES string of the molecule is CS(=O)(=O)N(CC1CCNCC1)c1ccccc1.Cl. The van der Waals surface area contributed by atoms with E-state index in [-0.39, 0.29) is 12.4 Å². The maximum Gasteiger partial charge on any atom is 0.232 e. The van der Waals surface area contributed by atoms with E-state index in [2.05, 4.69) is 5.32 Å². The van der Waals surface area contributed by atoms with Gasteiger partial charge in [-0.15, -0.1) is 12.4 Å². The summed E-state index contributed by atoms with van der Waals surface area (Å²) >= 11 is 0. The Balaban J connectivity index is 0.00000180. The molecule has 0 aliphatic carbocycles. The molecule has 19 heavy (non-hydrogen) atoms. The van der Waals surface area contributed by atoms with Gasteiger partial charge in [0.25, 0.3) is 0 Å². The smallest absolute Gasteiger partial charge is 0.232 e. The highest BCUT2D eigenvalue weighted by Gasteiger charge is 2.23. The highest BCUT2D eigenvalue weighted by Crippen LogP contribution is 2.21. The first kappa shape index (κ1) is 16.3. The minimum Gasteiger partial charge on any atom is -0.317 e. The van der Waals surface area contributed by atoms with Crippen LogP contribution in [0.15, 0.2) is 30.3 Å². The van der Waals surface area contributed by atoms with Gasteiger partial charge in [-0.05, 0) is 44.0 Å². The molecule has 4 nitrogen and oxygen atoms in total. The van der Waals surface area contributed by atoms with E-state index in [1.54, 1.807) is 0 Å². The van der Waals surface area contributed by atoms with Gasteiger partial charge in [0, 0.05) is 6.54 Å². The fourth-order valence-corrected chi connectivity index (χ4v) is 3.31. The van der Waals surface area contributed by atoms with Crippen molar-refractivity contribution in [1.29, 1.82) is 0 Å². The number of nitrogens with one attached hydrogen (secondary N) is 1. The third-order valence-corrected chi connectivity index (χ3v) is 4.49. The molecule has 0 radical (unpaired) electrons. The normalized spacial score (nSPS) is 16.7. The lowest BCUT2D eigenvalue weighted by atomic mass is 9.98. The number of hydrogen-bond acceptors (Lipinski definition) is 3. The molecule has 1 saturated heterocycles. The first-order chi connectivity index (χ1) is 8.57. The van der Waals surface area contributed by atoms with E-state index in [1.165, 1.54) is 10.6 Å². The number of para-hydroxylation sites is 1. The zero-order chi connectivity index (χ0) is 13.0. The van der Waals surface area contributed by atoms with E-state index in [4.69, 9.17) is 0 Å². The predicted octanol–water partition coefficient (Wildman–Crippen LogP) is 1.87. The maximum atomic E-state index is 11.9. The van der Waals surface area contributed by atoms with Gasteiger partial charge in [-0.3, -0.25) is 4.31 Å². The summed E-state index contributed by atoms with van der Waals surface area (Å²) in [5.74, 6) is 0.446. The van der Waals surface area contributed by atoms with Gasteiger partial charge in [0.15, 0.2) is 0 Å². The van der Waals surface area contributed by atoms with Crippen LogP contribution in [0.4, 0.5) is 5.69 Å². The fraction of sp³-hybridized carbons (Fsp3) is 0.538. The largest absolute Gasteiger partial charge is 0.317 e. The molecule has 0 saturated carbocycles. The third-order valence-electron chi connectivity index (χ3n) is 3.33. The summed E-state index contributed by atoms with van der Waals surface area (Å²) in [4.78, 5) is 0. The van der Waals surface area contributed by atoms with Crippen molar-refractivity contribution in [2.75, 3.05) is 30.2 Å². The zero-order valence-electron chi connectivity index (χ0n) is 11.1. The van der Waals surface area contributed by atoms with E-state index >= 15 is 0 Å². The van der Waals surface area contributed by atoms with Crippen LogP contribution in [0.3, 0.4) is 0 Å². The number of anilines is 1. The first-order valence-corrected chi connectivity index (χ1v) is 8.15. The summed E-state index contributed by atoms with van der Waals surface area (Å²) in [6.07, 6.45) is 3.36. The van der Waals surface area contributed by atoms with E-state index < -0.39 is 10.0 Å². The molecule has 0 aromatic heterocycles. The molecule has 0 bridgehead atoms. The number of hydrogen-bond donors (Lipinski definition) is 1. The molecular weight excluding hydrogens is 284 g/mol. The van der Waals surface area contributed by atoms with E-state index in [1.807, 2.05) is 30.3 Å². The van der Waals surface area contributed by atoms with Crippen LogP contribution in [-0.2, 0) is 10.0 Å². The lowest BCUT2D eigenvalue weighted by Gasteiger charge is -2.30. The predicted molar refractivity (Wildman–Crippen MR) is 81.5 cm³/mol. The van der Waals surface area contributed by atoms with Crippen molar-refractivity contribution in [1.82, 2.24) is 5.32 Å². The van der Waals surface area contributed by atoms with Crippen molar-refractivity contribution in [3.8, 4) is 0 Å². The molecule has 2 rings (SSSR count). The van der Waals surface area contributed by atoms with Crippen molar-refractivity contribution in [2.24, 2.45) is 5.92 Å². The molecule has 0 spiro atoms. The molecule has 1 heterocycles. The monoisotopic (exact) mass is 304 g/mol. The molecule has 6 heteroatoms. The summed E-state index contributed by atoms with van der Waals surface area (Å²) in [7, 11) is -3.20. The van der Waals surface area contributed by atoms with Gasteiger partial charge in [-0.2, -0.15) is 0 Å². The average Bonchev–Trinajstić information content (AvgIpc) is 2.37. The van der Waals surface area contributed by atoms with E-state index in [0.29, 0.717) is 12.5 Å². The van der Waals surface area contributed by atoms with Crippen LogP contribution in [0, 0.1) is 5.92 Å². The first-order valence-electron chi connectivity index (χ1n) is 6.31. The van der Waals surface area contributed by atoms with Crippen LogP contribution in [0.25, 0.3) is 0 Å². The van der Waals surface area contributed by atoms with Gasteiger partial charge >= 0.3 is 0 Å². The zero-order valence-corrected chi connectivity index (χ0v) is 12.7. The molecule has 1 aromatic carbocycles. The number of sulfonamides is 1. The molecule has 1 aromatic rings. The van der Waals surface area contributed by atoms with Crippen molar-refractivity contribution in [3.05, 3.63) is 30.3 Å². The van der Waals surface area contributed by atoms with Crippen molar-refractivity contribution in [2.45, 2.75) is 12.8 Å². The molecule has 1 N–H and O–H groups in total. The molecule has 0 atom stereocenters. The molecule has 1 aliphatic heterocycles. The summed E-state index contributed by atoms with van der Waals surface area (Å²) < 4.78 is 25.4. The Bertz CT molecular complexity index is 473. The van der Waals surface area contributed by atoms with Crippen molar-refractivity contribution < 1.29 is 8.42 Å². The Morgan fingerprint density at radius 3 is 2.32 bits per heavy atom. The minimum absolute atomic E-state index is 0. The Labute approximate surface area is 121 Å². The topological polar surface area (TPSA) is 49.4 Å². The second kappa shape index (κ2) is 7.12. The number of halogens is 1. The van der Waals surface area contributed by atoms with Crippen LogP contribution in [-0.4, -0.2) is 34.3 Å². The van der Waals surface area contributed by atoms with Gasteiger partial charge in [-0.1, -0.05) is 18.2 Å². The lowest BCUT2D eigenvalue weighted by Crippen LogP contribution is -2.39. The molecule has 1 fully saturated rings. The number of benzene rings is 1. The Hall–Kier alpha value is -0.780. The van der Waals surface area contributed by atoms with E-state index in [0.717, 1.165) is 31.6 Å². The maximum absolute atomic E-state index is 11.9. The summed E-state index contributed by atoms with van der Waals surface area (Å²) in [6, 6.07) is 9.34. The van der Waals surface area contributed by atoms with Crippen LogP contribution in [0.5, 0.6) is 0 Å². The van der Waals surface area contributed by atoms with Gasteiger partial charge in [-0.25, -0.2) is 8.42 Å². The second-order valence-electron chi connectivity index (χ2n) is 4.82. The molecule has 1 aliphatic rings. The quantitative estimate of drug-likeness (QED) is 0.924. The van der Waals surface area contributed by atoms with Crippen LogP contribution in [0.2, 0.25) is 0 Å². The Morgan fingerprint density at radius 1 is 1.21 bits per heavy atom. The van der Waals surface area contributed by atoms with Gasteiger partial charge in [0.1, 0.15) is 0 Å². The Morgan fingerprint density at radius 2 is 1.79 bits per heavy atom. The third kappa shape index (κ3) is 4.67. The summed E-state index contributed by atoms with van der Waals surface area (Å²) in [5.41, 5.74) is 0.763. The summed E-state index contributed by atoms with van der Waals surface area (Å²) in [6.45, 7) is 2.55. The van der Waals surface area contributed by atoms with E-state index in [9.17, 15) is 8.42 Å². The van der Waals surface area contributed by atoms with Crippen LogP contribution < -0.4 is 9.62 Å². The highest BCUT2D eigenvalue weighted by atomic mass is 35.5. The number of rotatable bonds is 4. The molecular formula is C13H21ClN2O2S. The van der Waals surface area contributed by atoms with Gasteiger partial charge < -0.3 is 5.32 Å². The molecule has 0 unspecified atom stereocenters. The fourth-order valence-electron chi connectivity index (χ4n) is 2.33. The molecule has 0 amide bonds. The number of nitrogens with zero attached hydrogens (tertiary/aromatic N) is 1. The molecule has 108 valence electrons. The standard InChI is InChI=1S/C13H20N2O2S.ClH/c1-18(16,17)15(13-5-3-2-4-6-13)11-12-7-9-14-10-8-12;/h2-6,12,14H,7-11H2,1H3;1H. The lowest BCUT2D eigenvalue weighted by molar-refractivity contribution is 0.382. The van der Waals surface area contributed by atoms with Crippen LogP contribution in [0.1, 0.15) is 12.8 Å². The highest BCUT2D eigenvalue weighted by molar-refractivity contribution is 7.92. The second-order valence-corrected chi connectivity index (χ2v) is 6.73. The number of piperidine rings is 1. The van der Waals surface area contributed by atoms with Crippen molar-refractivity contribution >= 4 is 28.1 Å².